The fraction of sp³-hybridized carbons (Fsp3) is 0.133. The van der Waals surface area contributed by atoms with Gasteiger partial charge >= 0.3 is 0 Å². The summed E-state index contributed by atoms with van der Waals surface area (Å²) in [5.74, 6) is 0.00277. The minimum absolute atomic E-state index is 0.185. The summed E-state index contributed by atoms with van der Waals surface area (Å²) in [6, 6.07) is 11.3. The van der Waals surface area contributed by atoms with Gasteiger partial charge in [0.05, 0.1) is 17.8 Å². The summed E-state index contributed by atoms with van der Waals surface area (Å²) in [5, 5.41) is 19.5. The van der Waals surface area contributed by atoms with Crippen LogP contribution >= 0.6 is 11.8 Å². The van der Waals surface area contributed by atoms with Gasteiger partial charge in [-0.05, 0) is 25.1 Å². The molecule has 3 rings (SSSR count). The molecule has 6 nitrogen and oxygen atoms in total. The van der Waals surface area contributed by atoms with Crippen LogP contribution < -0.4 is 5.11 Å². The molecule has 1 aromatic carbocycles. The smallest absolute Gasteiger partial charge is 0.196 e. The zero-order valence-electron chi connectivity index (χ0n) is 11.7. The quantitative estimate of drug-likeness (QED) is 0.666. The van der Waals surface area contributed by atoms with Crippen LogP contribution in [0.4, 0.5) is 0 Å². The SMILES string of the molecule is Cc1occc1-c1nnc(SCC(=O)[O-])n1-c1ccccc1. The summed E-state index contributed by atoms with van der Waals surface area (Å²) in [6.07, 6.45) is 1.59. The third-order valence-corrected chi connectivity index (χ3v) is 3.97. The molecule has 0 aliphatic carbocycles. The second-order valence-corrected chi connectivity index (χ2v) is 5.47. The van der Waals surface area contributed by atoms with E-state index in [1.807, 2.05) is 47.9 Å². The van der Waals surface area contributed by atoms with Crippen molar-refractivity contribution in [2.45, 2.75) is 12.1 Å². The Bertz CT molecular complexity index is 795. The van der Waals surface area contributed by atoms with Crippen LogP contribution in [0.1, 0.15) is 5.76 Å². The number of aliphatic carboxylic acids is 1. The molecule has 2 heterocycles. The van der Waals surface area contributed by atoms with Crippen LogP contribution in [-0.4, -0.2) is 26.5 Å². The predicted octanol–water partition coefficient (Wildman–Crippen LogP) is 1.68. The summed E-state index contributed by atoms with van der Waals surface area (Å²) >= 11 is 1.07. The van der Waals surface area contributed by atoms with E-state index in [0.717, 1.165) is 28.8 Å². The average molecular weight is 314 g/mol. The van der Waals surface area contributed by atoms with E-state index in [-0.39, 0.29) is 5.75 Å². The first-order valence-corrected chi connectivity index (χ1v) is 7.53. The van der Waals surface area contributed by atoms with Crippen LogP contribution in [0.5, 0.6) is 0 Å². The molecular formula is C15H12N3O3S-. The molecule has 0 bridgehead atoms. The van der Waals surface area contributed by atoms with Crippen LogP contribution in [0.15, 0.2) is 52.2 Å². The van der Waals surface area contributed by atoms with Gasteiger partial charge in [-0.25, -0.2) is 0 Å². The van der Waals surface area contributed by atoms with Gasteiger partial charge in [0.25, 0.3) is 0 Å². The fourth-order valence-electron chi connectivity index (χ4n) is 2.09. The highest BCUT2D eigenvalue weighted by Gasteiger charge is 2.18. The first-order valence-electron chi connectivity index (χ1n) is 6.55. The average Bonchev–Trinajstić information content (AvgIpc) is 3.11. The lowest BCUT2D eigenvalue weighted by Crippen LogP contribution is -2.24. The van der Waals surface area contributed by atoms with Gasteiger partial charge in [0.1, 0.15) is 5.76 Å². The maximum absolute atomic E-state index is 10.7. The van der Waals surface area contributed by atoms with Crippen molar-refractivity contribution in [2.24, 2.45) is 0 Å². The van der Waals surface area contributed by atoms with Gasteiger partial charge in [0.15, 0.2) is 11.0 Å². The molecule has 7 heteroatoms. The van der Waals surface area contributed by atoms with Crippen molar-refractivity contribution in [1.29, 1.82) is 0 Å². The molecule has 0 atom stereocenters. The van der Waals surface area contributed by atoms with Gasteiger partial charge in [-0.15, -0.1) is 10.2 Å². The molecule has 0 aliphatic rings. The number of carboxylic acids is 1. The molecule has 0 radical (unpaired) electrons. The van der Waals surface area contributed by atoms with Gasteiger partial charge in [0.2, 0.25) is 0 Å². The van der Waals surface area contributed by atoms with E-state index in [1.165, 1.54) is 0 Å². The minimum Gasteiger partial charge on any atom is -0.549 e. The maximum Gasteiger partial charge on any atom is 0.196 e. The summed E-state index contributed by atoms with van der Waals surface area (Å²) in [5.41, 5.74) is 1.67. The summed E-state index contributed by atoms with van der Waals surface area (Å²) in [4.78, 5) is 10.7. The Morgan fingerprint density at radius 1 is 1.27 bits per heavy atom. The van der Waals surface area contributed by atoms with E-state index in [9.17, 15) is 9.90 Å². The number of carbonyl (C=O) groups excluding carboxylic acids is 1. The zero-order valence-corrected chi connectivity index (χ0v) is 12.5. The number of carbonyl (C=O) groups is 1. The van der Waals surface area contributed by atoms with Crippen molar-refractivity contribution in [3.63, 3.8) is 0 Å². The number of furan rings is 1. The first kappa shape index (κ1) is 14.4. The highest BCUT2D eigenvalue weighted by Crippen LogP contribution is 2.29. The monoisotopic (exact) mass is 314 g/mol. The highest BCUT2D eigenvalue weighted by molar-refractivity contribution is 7.99. The molecule has 0 saturated heterocycles. The maximum atomic E-state index is 10.7. The van der Waals surface area contributed by atoms with E-state index in [1.54, 1.807) is 6.26 Å². The van der Waals surface area contributed by atoms with Gasteiger partial charge in [0, 0.05) is 11.4 Å². The Morgan fingerprint density at radius 3 is 2.68 bits per heavy atom. The number of carboxylic acid groups (broad SMARTS) is 1. The highest BCUT2D eigenvalue weighted by atomic mass is 32.2. The number of para-hydroxylation sites is 1. The number of aromatic nitrogens is 3. The van der Waals surface area contributed by atoms with Crippen molar-refractivity contribution >= 4 is 17.7 Å². The third kappa shape index (κ3) is 2.75. The second kappa shape index (κ2) is 6.07. The molecule has 0 saturated carbocycles. The Balaban J connectivity index is 2.11. The van der Waals surface area contributed by atoms with Crippen molar-refractivity contribution in [2.75, 3.05) is 5.75 Å². The predicted molar refractivity (Wildman–Crippen MR) is 79.5 cm³/mol. The lowest BCUT2D eigenvalue weighted by Gasteiger charge is -2.09. The van der Waals surface area contributed by atoms with Gasteiger partial charge in [-0.2, -0.15) is 0 Å². The number of nitrogens with zero attached hydrogens (tertiary/aromatic N) is 3. The molecular weight excluding hydrogens is 302 g/mol. The number of aryl methyl sites for hydroxylation is 1. The van der Waals surface area contributed by atoms with E-state index in [0.29, 0.717) is 11.0 Å². The van der Waals surface area contributed by atoms with Crippen LogP contribution in [0.25, 0.3) is 17.1 Å². The Labute approximate surface area is 130 Å². The Kier molecular flexibility index (Phi) is 3.97. The standard InChI is InChI=1S/C15H13N3O3S/c1-10-12(7-8-21-10)14-16-17-15(22-9-13(19)20)18(14)11-5-3-2-4-6-11/h2-8H,9H2,1H3,(H,19,20)/p-1. The molecule has 0 fully saturated rings. The van der Waals surface area contributed by atoms with Crippen LogP contribution in [0.2, 0.25) is 0 Å². The first-order chi connectivity index (χ1) is 10.7. The summed E-state index contributed by atoms with van der Waals surface area (Å²) in [7, 11) is 0. The second-order valence-electron chi connectivity index (χ2n) is 4.53. The molecule has 0 aliphatic heterocycles. The van der Waals surface area contributed by atoms with Gasteiger partial charge < -0.3 is 14.3 Å². The minimum atomic E-state index is -1.14. The third-order valence-electron chi connectivity index (χ3n) is 3.07. The van der Waals surface area contributed by atoms with Crippen LogP contribution in [0.3, 0.4) is 0 Å². The van der Waals surface area contributed by atoms with E-state index in [4.69, 9.17) is 4.42 Å². The molecule has 0 amide bonds. The van der Waals surface area contributed by atoms with E-state index in [2.05, 4.69) is 10.2 Å². The van der Waals surface area contributed by atoms with E-state index < -0.39 is 5.97 Å². The van der Waals surface area contributed by atoms with Crippen molar-refractivity contribution in [1.82, 2.24) is 14.8 Å². The lowest BCUT2D eigenvalue weighted by molar-refractivity contribution is -0.301. The number of hydrogen-bond donors (Lipinski definition) is 0. The lowest BCUT2D eigenvalue weighted by atomic mass is 10.2. The van der Waals surface area contributed by atoms with Gasteiger partial charge in [-0.1, -0.05) is 30.0 Å². The molecule has 22 heavy (non-hydrogen) atoms. The zero-order chi connectivity index (χ0) is 15.5. The van der Waals surface area contributed by atoms with E-state index >= 15 is 0 Å². The normalized spacial score (nSPS) is 10.8. The Hall–Kier alpha value is -2.54. The molecule has 112 valence electrons. The molecule has 3 aromatic rings. The van der Waals surface area contributed by atoms with Crippen LogP contribution in [-0.2, 0) is 4.79 Å². The van der Waals surface area contributed by atoms with Gasteiger partial charge in [-0.3, -0.25) is 4.57 Å². The summed E-state index contributed by atoms with van der Waals surface area (Å²) in [6.45, 7) is 1.84. The van der Waals surface area contributed by atoms with Crippen molar-refractivity contribution < 1.29 is 14.3 Å². The summed E-state index contributed by atoms with van der Waals surface area (Å²) < 4.78 is 7.14. The number of thioether (sulfide) groups is 1. The largest absolute Gasteiger partial charge is 0.549 e. The number of rotatable bonds is 5. The van der Waals surface area contributed by atoms with Crippen molar-refractivity contribution in [3.05, 3.63) is 48.4 Å². The molecule has 2 aromatic heterocycles. The number of benzene rings is 1. The fourth-order valence-corrected chi connectivity index (χ4v) is 2.75. The molecule has 0 unspecified atom stereocenters. The van der Waals surface area contributed by atoms with Crippen molar-refractivity contribution in [3.8, 4) is 17.1 Å². The molecule has 0 N–H and O–H groups in total. The van der Waals surface area contributed by atoms with Crippen LogP contribution in [0, 0.1) is 6.92 Å². The number of hydrogen-bond acceptors (Lipinski definition) is 6. The topological polar surface area (TPSA) is 84.0 Å². The Morgan fingerprint density at radius 2 is 2.05 bits per heavy atom. The molecule has 0 spiro atoms.